The van der Waals surface area contributed by atoms with Crippen LogP contribution in [0.1, 0.15) is 312 Å². The number of hydrogen-bond acceptors (Lipinski definition) is 24. The topological polar surface area (TPSA) is 336 Å². The Balaban J connectivity index is 0.000000135. The zero-order valence-corrected chi connectivity index (χ0v) is 86.7. The molecule has 8 fully saturated rings. The summed E-state index contributed by atoms with van der Waals surface area (Å²) >= 11 is 0. The van der Waals surface area contributed by atoms with Gasteiger partial charge in [0.1, 0.15) is 70.7 Å². The number of fused-ring (bicyclic) bond motifs is 4. The van der Waals surface area contributed by atoms with Crippen LogP contribution in [-0.2, 0) is 108 Å². The van der Waals surface area contributed by atoms with E-state index in [-0.39, 0.29) is 48.5 Å². The van der Waals surface area contributed by atoms with Gasteiger partial charge >= 0.3 is 23.9 Å². The third kappa shape index (κ3) is 30.7. The van der Waals surface area contributed by atoms with E-state index in [1.165, 1.54) is 77.2 Å². The first-order chi connectivity index (χ1) is 72.7. The molecule has 0 spiro atoms. The van der Waals surface area contributed by atoms with Gasteiger partial charge in [0.25, 0.3) is 0 Å². The maximum atomic E-state index is 14.3. The fourth-order valence-corrected chi connectivity index (χ4v) is 23.7. The molecule has 4 aromatic carbocycles. The summed E-state index contributed by atoms with van der Waals surface area (Å²) in [7, 11) is 0. The summed E-state index contributed by atoms with van der Waals surface area (Å²) in [5.74, 6) is -0.872. The minimum atomic E-state index is -0.966. The van der Waals surface area contributed by atoms with Gasteiger partial charge in [-0.2, -0.15) is 0 Å². The normalized spacial score (nSPS) is 22.5. The average molecular weight is 2060 g/mol. The lowest BCUT2D eigenvalue weighted by atomic mass is 9.85. The van der Waals surface area contributed by atoms with Crippen LogP contribution in [0, 0.1) is 23.3 Å². The monoisotopic (exact) mass is 2060 g/mol. The van der Waals surface area contributed by atoms with Crippen LogP contribution in [0.5, 0.6) is 0 Å². The van der Waals surface area contributed by atoms with Crippen LogP contribution in [0.3, 0.4) is 0 Å². The van der Waals surface area contributed by atoms with Gasteiger partial charge in [-0.15, -0.1) is 0 Å². The highest BCUT2D eigenvalue weighted by Crippen LogP contribution is 2.44. The number of pyridine rings is 4. The van der Waals surface area contributed by atoms with E-state index >= 15 is 0 Å². The summed E-state index contributed by atoms with van der Waals surface area (Å²) in [6.45, 7) is 16.3. The summed E-state index contributed by atoms with van der Waals surface area (Å²) in [5, 5.41) is 54.3. The summed E-state index contributed by atoms with van der Waals surface area (Å²) in [6.07, 6.45) is 32.3. The smallest absolute Gasteiger partial charge is 0.325 e. The van der Waals surface area contributed by atoms with Crippen LogP contribution in [-0.4, -0.2) is 252 Å². The Labute approximate surface area is 874 Å². The van der Waals surface area contributed by atoms with E-state index in [9.17, 15) is 57.2 Å². The number of halogens is 4. The fourth-order valence-electron chi connectivity index (χ4n) is 23.7. The number of likely N-dealkylation sites (tertiary alicyclic amines) is 4. The van der Waals surface area contributed by atoms with Crippen molar-refractivity contribution in [2.24, 2.45) is 0 Å². The minimum absolute atomic E-state index is 0.00632. The van der Waals surface area contributed by atoms with Crippen LogP contribution in [0.25, 0.3) is 0 Å². The summed E-state index contributed by atoms with van der Waals surface area (Å²) < 4.78 is 104. The number of benzene rings is 4. The molecule has 12 aliphatic heterocycles. The van der Waals surface area contributed by atoms with Crippen molar-refractivity contribution in [3.63, 3.8) is 0 Å². The number of nitrogens with one attached hydrogen (secondary N) is 4. The van der Waals surface area contributed by atoms with Crippen LogP contribution in [0.15, 0.2) is 121 Å². The Bertz CT molecular complexity index is 5520. The molecule has 8 saturated heterocycles. The Morgan fingerprint density at radius 1 is 0.342 bits per heavy atom. The molecule has 28 nitrogen and oxygen atoms in total. The first-order valence-electron chi connectivity index (χ1n) is 55.6. The van der Waals surface area contributed by atoms with Gasteiger partial charge in [0, 0.05) is 167 Å². The van der Waals surface area contributed by atoms with Crippen molar-refractivity contribution in [2.75, 3.05) is 159 Å². The molecule has 8 N–H and O–H groups in total. The molecule has 8 aromatic rings. The number of ether oxygens (including phenoxy) is 8. The number of carboxylic acids is 4. The first-order valence-corrected chi connectivity index (χ1v) is 55.6. The van der Waals surface area contributed by atoms with E-state index in [0.717, 1.165) is 300 Å². The van der Waals surface area contributed by atoms with Gasteiger partial charge in [0.2, 0.25) is 0 Å². The highest BCUT2D eigenvalue weighted by Gasteiger charge is 2.43. The molecule has 149 heavy (non-hydrogen) atoms. The molecule has 12 aliphatic rings. The molecule has 0 bridgehead atoms. The molecule has 806 valence electrons. The van der Waals surface area contributed by atoms with Crippen LogP contribution < -0.4 is 21.3 Å². The summed E-state index contributed by atoms with van der Waals surface area (Å²) in [4.78, 5) is 76.4. The first kappa shape index (κ1) is 110. The number of aliphatic carboxylic acids is 4. The Hall–Kier alpha value is -10.2. The van der Waals surface area contributed by atoms with Crippen molar-refractivity contribution in [3.8, 4) is 0 Å². The number of hydrogen-bond donors (Lipinski definition) is 8. The van der Waals surface area contributed by atoms with Crippen LogP contribution in [0.4, 0.5) is 40.8 Å². The zero-order chi connectivity index (χ0) is 103. The lowest BCUT2D eigenvalue weighted by Crippen LogP contribution is -2.34. The largest absolute Gasteiger partial charge is 0.480 e. The molecule has 0 unspecified atom stereocenters. The van der Waals surface area contributed by atoms with E-state index in [4.69, 9.17) is 57.8 Å². The number of anilines is 4. The summed E-state index contributed by atoms with van der Waals surface area (Å²) in [6, 6.07) is 32.5. The Morgan fingerprint density at radius 2 is 0.651 bits per heavy atom. The second-order valence-corrected chi connectivity index (χ2v) is 42.4. The number of nitrogens with zero attached hydrogens (tertiary/aromatic N) is 8. The highest BCUT2D eigenvalue weighted by atomic mass is 19.1. The number of unbranched alkanes of at least 4 members (excludes halogenated alkanes) is 5. The SMILES string of the molecule is C[C@H]1CCc2ccc(CCCCO[C@@H]3CCN([C@H](C(=O)O)c4cc(F)ccc4[C@@H]4CCCO4)C3)nc2N1.O=C(O)[C@@H](c1cc(F)ccc1C1CCOCC1)N1CC[C@@H](OCCCCc2ccc3c(n2)NCCC3)C1.O=C(O)[C@H](c1cc(F)ccc1C1CCOCC1)N1CC[C@@H](OCCCCc2ccc3c(n2)NCCC3)C1.O=C(O)[C@H](c1cc(F)ccc1[C@H]1CCCCO1)N1CC[C@@H](OCCCCCc2ccc3c(n2)NCCC3)C1. The van der Waals surface area contributed by atoms with Gasteiger partial charge in [-0.05, 0) is 370 Å². The maximum absolute atomic E-state index is 14.3. The van der Waals surface area contributed by atoms with E-state index in [1.54, 1.807) is 24.3 Å². The third-order valence-corrected chi connectivity index (χ3v) is 31.7. The Morgan fingerprint density at radius 3 is 0.980 bits per heavy atom. The summed E-state index contributed by atoms with van der Waals surface area (Å²) in [5.41, 5.74) is 15.3. The van der Waals surface area contributed by atoms with E-state index in [1.807, 2.05) is 19.6 Å². The predicted octanol–water partition coefficient (Wildman–Crippen LogP) is 19.9. The zero-order valence-electron chi connectivity index (χ0n) is 86.7. The fraction of sp³-hybridized carbons (Fsp3) is 0.590. The molecule has 4 aromatic heterocycles. The van der Waals surface area contributed by atoms with Crippen molar-refractivity contribution in [1.82, 2.24) is 39.5 Å². The molecule has 20 rings (SSSR count). The predicted molar refractivity (Wildman–Crippen MR) is 562 cm³/mol. The molecular weight excluding hydrogens is 1910 g/mol. The Kier molecular flexibility index (Phi) is 40.9. The molecule has 0 aliphatic carbocycles. The number of aromatic nitrogens is 4. The standard InChI is InChI=1S/C30H40FN3O4.3C29H38FN3O4/c31-22-11-13-25(27-9-3-5-18-38-27)26(19-22)28(30(35)36)34-16-14-24(20-34)37-17-4-1-2-8-23-12-10-21-7-6-15-32-29(21)33-23;1-19-7-8-20-9-11-22(32-28(20)31-19)5-2-3-15-36-23-13-14-33(18-23)27(29(34)35)25-17-21(30)10-12-24(25)26-6-4-16-37-26;2*30-22-7-9-25(20-11-16-36-17-12-20)26(18-22)27(29(34)35)33-14-10-24(19-33)37-15-2-1-5-23-8-6-21-4-3-13-31-28(21)32-23/h10-13,19,24,27-28H,1-9,14-18,20H2,(H,32,33)(H,35,36);9-12,17,19,23,26-27H,2-8,13-16,18H2,1H3,(H,31,32)(H,34,35);2*6-9,18,20,24,27H,1-5,10-17,19H2,(H,31,32)(H,34,35)/t24-,27-,28+;19-,23+,26-,27-;24-,27+;24-,27-/m1011/s1. The second-order valence-electron chi connectivity index (χ2n) is 42.4. The quantitative estimate of drug-likeness (QED) is 0.0130. The van der Waals surface area contributed by atoms with E-state index < -0.39 is 71.3 Å². The molecule has 32 heteroatoms. The second kappa shape index (κ2) is 55.4. The van der Waals surface area contributed by atoms with Crippen molar-refractivity contribution in [2.45, 2.75) is 304 Å². The van der Waals surface area contributed by atoms with Gasteiger partial charge in [0.15, 0.2) is 0 Å². The highest BCUT2D eigenvalue weighted by molar-refractivity contribution is 5.79. The minimum Gasteiger partial charge on any atom is -0.480 e. The van der Waals surface area contributed by atoms with Gasteiger partial charge in [0.05, 0.1) is 36.6 Å². The number of rotatable bonds is 41. The molecule has 0 saturated carbocycles. The van der Waals surface area contributed by atoms with E-state index in [0.29, 0.717) is 147 Å². The molecule has 0 radical (unpaired) electrons. The number of carbonyl (C=O) groups is 4. The van der Waals surface area contributed by atoms with E-state index in [2.05, 4.69) is 76.7 Å². The van der Waals surface area contributed by atoms with Gasteiger partial charge in [-0.1, -0.05) is 55.0 Å². The molecule has 11 atom stereocenters. The average Bonchev–Trinajstić information content (AvgIpc) is 1.75. The maximum Gasteiger partial charge on any atom is 0.325 e. The van der Waals surface area contributed by atoms with Crippen LogP contribution in [0.2, 0.25) is 0 Å². The third-order valence-electron chi connectivity index (χ3n) is 31.7. The van der Waals surface area contributed by atoms with Crippen molar-refractivity contribution < 1.29 is 95.1 Å². The van der Waals surface area contributed by atoms with Crippen molar-refractivity contribution in [1.29, 1.82) is 0 Å². The van der Waals surface area contributed by atoms with Gasteiger partial charge in [-0.25, -0.2) is 37.5 Å². The van der Waals surface area contributed by atoms with Crippen molar-refractivity contribution in [3.05, 3.63) is 234 Å². The lowest BCUT2D eigenvalue weighted by molar-refractivity contribution is -0.144. The van der Waals surface area contributed by atoms with Crippen molar-refractivity contribution >= 4 is 47.1 Å². The van der Waals surface area contributed by atoms with Gasteiger partial charge < -0.3 is 79.6 Å². The molecule has 0 amide bonds. The molecular formula is C117H154F4N12O16. The molecule has 16 heterocycles. The number of aryl methyl sites for hydroxylation is 8. The van der Waals surface area contributed by atoms with Crippen LogP contribution >= 0.6 is 0 Å². The van der Waals surface area contributed by atoms with Gasteiger partial charge in [-0.3, -0.25) is 38.8 Å². The number of carboxylic acid groups (broad SMARTS) is 4. The lowest BCUT2D eigenvalue weighted by Gasteiger charge is -2.30.